The number of hydrogen-bond donors (Lipinski definition) is 0. The van der Waals surface area contributed by atoms with Crippen molar-refractivity contribution in [3.63, 3.8) is 0 Å². The fourth-order valence-electron chi connectivity index (χ4n) is 4.50. The number of hydrazone groups is 1. The first kappa shape index (κ1) is 29.3. The number of ether oxygens (including phenoxy) is 1. The van der Waals surface area contributed by atoms with Gasteiger partial charge in [-0.1, -0.05) is 41.9 Å². The average Bonchev–Trinajstić information content (AvgIpc) is 3.37. The standard InChI is InChI=1S/C30H29ClF3N3O3/c1-19-8-9-22(16-20(19)2)26-17-27(24-6-4-5-7-25(24)31)37(35-26)28(38)18-36(14-15-40-3)29(39)21-10-12-23(13-11-21)30(32,33)34/h4-13,16,27H,14-15,17-18H2,1-3H3. The van der Waals surface area contributed by atoms with Crippen molar-refractivity contribution in [3.05, 3.63) is 105 Å². The van der Waals surface area contributed by atoms with E-state index in [-0.39, 0.29) is 25.3 Å². The first-order valence-electron chi connectivity index (χ1n) is 12.7. The molecular weight excluding hydrogens is 543 g/mol. The largest absolute Gasteiger partial charge is 0.416 e. The average molecular weight is 572 g/mol. The van der Waals surface area contributed by atoms with Crippen LogP contribution in [0.4, 0.5) is 13.2 Å². The lowest BCUT2D eigenvalue weighted by Gasteiger charge is -2.27. The minimum Gasteiger partial charge on any atom is -0.383 e. The highest BCUT2D eigenvalue weighted by molar-refractivity contribution is 6.31. The van der Waals surface area contributed by atoms with E-state index < -0.39 is 29.6 Å². The second-order valence-corrected chi connectivity index (χ2v) is 10.0. The van der Waals surface area contributed by atoms with E-state index in [1.165, 1.54) is 17.0 Å². The molecule has 40 heavy (non-hydrogen) atoms. The molecule has 1 atom stereocenters. The predicted molar refractivity (Wildman–Crippen MR) is 147 cm³/mol. The van der Waals surface area contributed by atoms with E-state index in [1.54, 1.807) is 12.1 Å². The second-order valence-electron chi connectivity index (χ2n) is 9.62. The SMILES string of the molecule is COCCN(CC(=O)N1N=C(c2ccc(C)c(C)c2)CC1c1ccccc1Cl)C(=O)c1ccc(C(F)(F)F)cc1. The molecular formula is C30H29ClF3N3O3. The summed E-state index contributed by atoms with van der Waals surface area (Å²) in [6.45, 7) is 3.85. The van der Waals surface area contributed by atoms with Gasteiger partial charge < -0.3 is 9.64 Å². The van der Waals surface area contributed by atoms with Gasteiger partial charge in [-0.05, 0) is 72.5 Å². The van der Waals surface area contributed by atoms with Crippen molar-refractivity contribution in [3.8, 4) is 0 Å². The molecule has 0 radical (unpaired) electrons. The molecule has 3 aromatic rings. The topological polar surface area (TPSA) is 62.2 Å². The normalized spacial score (nSPS) is 15.2. The molecule has 0 N–H and O–H groups in total. The monoisotopic (exact) mass is 571 g/mol. The lowest BCUT2D eigenvalue weighted by atomic mass is 9.96. The van der Waals surface area contributed by atoms with Crippen LogP contribution < -0.4 is 0 Å². The highest BCUT2D eigenvalue weighted by Crippen LogP contribution is 2.36. The van der Waals surface area contributed by atoms with E-state index in [9.17, 15) is 22.8 Å². The molecule has 0 spiro atoms. The Morgan fingerprint density at radius 1 is 1.05 bits per heavy atom. The Balaban J connectivity index is 1.64. The zero-order chi connectivity index (χ0) is 29.0. The number of carbonyl (C=O) groups is 2. The van der Waals surface area contributed by atoms with E-state index in [0.29, 0.717) is 17.2 Å². The molecule has 2 amide bonds. The number of amides is 2. The molecule has 0 bridgehead atoms. The zero-order valence-electron chi connectivity index (χ0n) is 22.3. The third-order valence-electron chi connectivity index (χ3n) is 6.91. The molecule has 0 saturated carbocycles. The minimum atomic E-state index is -4.53. The van der Waals surface area contributed by atoms with E-state index >= 15 is 0 Å². The van der Waals surface area contributed by atoms with Crippen molar-refractivity contribution in [1.82, 2.24) is 9.91 Å². The molecule has 6 nitrogen and oxygen atoms in total. The summed E-state index contributed by atoms with van der Waals surface area (Å²) < 4.78 is 44.1. The Labute approximate surface area is 236 Å². The number of benzene rings is 3. The van der Waals surface area contributed by atoms with Crippen LogP contribution in [0, 0.1) is 13.8 Å². The third-order valence-corrected chi connectivity index (χ3v) is 7.25. The van der Waals surface area contributed by atoms with Gasteiger partial charge in [-0.3, -0.25) is 9.59 Å². The van der Waals surface area contributed by atoms with Crippen LogP contribution in [0.15, 0.2) is 71.8 Å². The number of alkyl halides is 3. The number of carbonyl (C=O) groups excluding carboxylic acids is 2. The van der Waals surface area contributed by atoms with Crippen molar-refractivity contribution in [1.29, 1.82) is 0 Å². The van der Waals surface area contributed by atoms with Gasteiger partial charge in [-0.2, -0.15) is 18.3 Å². The summed E-state index contributed by atoms with van der Waals surface area (Å²) in [7, 11) is 1.45. The van der Waals surface area contributed by atoms with Crippen molar-refractivity contribution in [2.75, 3.05) is 26.8 Å². The molecule has 210 valence electrons. The summed E-state index contributed by atoms with van der Waals surface area (Å²) >= 11 is 6.51. The Kier molecular flexibility index (Phi) is 8.95. The van der Waals surface area contributed by atoms with Gasteiger partial charge in [0, 0.05) is 30.7 Å². The van der Waals surface area contributed by atoms with Gasteiger partial charge >= 0.3 is 6.18 Å². The third kappa shape index (κ3) is 6.54. The number of halogens is 4. The van der Waals surface area contributed by atoms with Crippen LogP contribution in [0.2, 0.25) is 5.02 Å². The Morgan fingerprint density at radius 3 is 2.38 bits per heavy atom. The molecule has 1 aliphatic heterocycles. The maximum Gasteiger partial charge on any atom is 0.416 e. The smallest absolute Gasteiger partial charge is 0.383 e. The number of aryl methyl sites for hydroxylation is 2. The van der Waals surface area contributed by atoms with E-state index in [2.05, 4.69) is 5.10 Å². The lowest BCUT2D eigenvalue weighted by Crippen LogP contribution is -2.42. The molecule has 0 aromatic heterocycles. The molecule has 3 aromatic carbocycles. The maximum atomic E-state index is 13.7. The van der Waals surface area contributed by atoms with Crippen molar-refractivity contribution in [2.45, 2.75) is 32.5 Å². The summed E-state index contributed by atoms with van der Waals surface area (Å²) in [5, 5.41) is 6.52. The molecule has 0 saturated heterocycles. The zero-order valence-corrected chi connectivity index (χ0v) is 23.1. The van der Waals surface area contributed by atoms with Crippen LogP contribution >= 0.6 is 11.6 Å². The van der Waals surface area contributed by atoms with Crippen LogP contribution in [0.3, 0.4) is 0 Å². The first-order chi connectivity index (χ1) is 19.0. The van der Waals surface area contributed by atoms with E-state index in [0.717, 1.165) is 46.5 Å². The van der Waals surface area contributed by atoms with E-state index in [4.69, 9.17) is 16.3 Å². The van der Waals surface area contributed by atoms with E-state index in [1.807, 2.05) is 44.2 Å². The lowest BCUT2D eigenvalue weighted by molar-refractivity contribution is -0.137. The van der Waals surface area contributed by atoms with Crippen LogP contribution in [-0.4, -0.2) is 54.2 Å². The number of methoxy groups -OCH3 is 1. The van der Waals surface area contributed by atoms with Crippen molar-refractivity contribution >= 4 is 29.1 Å². The summed E-state index contributed by atoms with van der Waals surface area (Å²) in [6.07, 6.45) is -4.11. The van der Waals surface area contributed by atoms with Crippen molar-refractivity contribution in [2.24, 2.45) is 5.10 Å². The van der Waals surface area contributed by atoms with Crippen LogP contribution in [0.1, 0.15) is 50.6 Å². The Hall–Kier alpha value is -3.69. The highest BCUT2D eigenvalue weighted by Gasteiger charge is 2.36. The van der Waals surface area contributed by atoms with Crippen LogP contribution in [0.5, 0.6) is 0 Å². The summed E-state index contributed by atoms with van der Waals surface area (Å²) in [5.41, 5.74) is 3.70. The second kappa shape index (κ2) is 12.2. The number of nitrogens with zero attached hydrogens (tertiary/aromatic N) is 3. The molecule has 10 heteroatoms. The molecule has 0 aliphatic carbocycles. The predicted octanol–water partition coefficient (Wildman–Crippen LogP) is 6.44. The number of hydrogen-bond acceptors (Lipinski definition) is 4. The Bertz CT molecular complexity index is 1420. The molecule has 1 heterocycles. The summed E-state index contributed by atoms with van der Waals surface area (Å²) in [4.78, 5) is 28.3. The first-order valence-corrected chi connectivity index (χ1v) is 13.0. The fourth-order valence-corrected chi connectivity index (χ4v) is 4.76. The summed E-state index contributed by atoms with van der Waals surface area (Å²) in [5.74, 6) is -1.05. The molecule has 4 rings (SSSR count). The highest BCUT2D eigenvalue weighted by atomic mass is 35.5. The Morgan fingerprint density at radius 2 is 1.75 bits per heavy atom. The van der Waals surface area contributed by atoms with Gasteiger partial charge in [-0.25, -0.2) is 5.01 Å². The van der Waals surface area contributed by atoms with Crippen LogP contribution in [-0.2, 0) is 15.7 Å². The fraction of sp³-hybridized carbons (Fsp3) is 0.300. The minimum absolute atomic E-state index is 0.0281. The van der Waals surface area contributed by atoms with Gasteiger partial charge in [0.25, 0.3) is 11.8 Å². The van der Waals surface area contributed by atoms with Gasteiger partial charge in [0.15, 0.2) is 0 Å². The molecule has 0 fully saturated rings. The summed E-state index contributed by atoms with van der Waals surface area (Å²) in [6, 6.07) is 16.6. The van der Waals surface area contributed by atoms with Gasteiger partial charge in [-0.15, -0.1) is 0 Å². The van der Waals surface area contributed by atoms with Crippen molar-refractivity contribution < 1.29 is 27.5 Å². The molecule has 1 aliphatic rings. The van der Waals surface area contributed by atoms with Gasteiger partial charge in [0.2, 0.25) is 0 Å². The van der Waals surface area contributed by atoms with Crippen LogP contribution in [0.25, 0.3) is 0 Å². The molecule has 1 unspecified atom stereocenters. The van der Waals surface area contributed by atoms with Gasteiger partial charge in [0.05, 0.1) is 23.9 Å². The number of rotatable bonds is 8. The van der Waals surface area contributed by atoms with Gasteiger partial charge in [0.1, 0.15) is 6.54 Å². The quantitative estimate of drug-likeness (QED) is 0.312. The maximum absolute atomic E-state index is 13.7.